The van der Waals surface area contributed by atoms with Gasteiger partial charge in [0.25, 0.3) is 0 Å². The third-order valence-corrected chi connectivity index (χ3v) is 4.91. The lowest BCUT2D eigenvalue weighted by atomic mass is 10.1. The van der Waals surface area contributed by atoms with Gasteiger partial charge in [0.2, 0.25) is 0 Å². The molecule has 0 fully saturated rings. The van der Waals surface area contributed by atoms with Crippen molar-refractivity contribution in [2.45, 2.75) is 26.7 Å². The average Bonchev–Trinajstić information content (AvgIpc) is 2.78. The number of carbonyl (C=O) groups excluding carboxylic acids is 1. The molecule has 1 N–H and O–H groups in total. The maximum atomic E-state index is 13.0. The summed E-state index contributed by atoms with van der Waals surface area (Å²) in [6.07, 6.45) is 6.01. The highest BCUT2D eigenvalue weighted by Crippen LogP contribution is 2.19. The number of hydrogen-bond acceptors (Lipinski definition) is 1. The van der Waals surface area contributed by atoms with E-state index in [1.54, 1.807) is 4.90 Å². The summed E-state index contributed by atoms with van der Waals surface area (Å²) in [5.41, 5.74) is 5.30. The molecular formula is C26H28N2O. The van der Waals surface area contributed by atoms with Gasteiger partial charge in [0.05, 0.1) is 0 Å². The van der Waals surface area contributed by atoms with Crippen molar-refractivity contribution in [3.05, 3.63) is 102 Å². The summed E-state index contributed by atoms with van der Waals surface area (Å²) in [6, 6.07) is 26.1. The second-order valence-corrected chi connectivity index (χ2v) is 6.92. The molecule has 3 heteroatoms. The summed E-state index contributed by atoms with van der Waals surface area (Å²) in [5, 5.41) is 3.02. The quantitative estimate of drug-likeness (QED) is 0.491. The molecule has 0 atom stereocenters. The number of benzene rings is 3. The fraction of sp³-hybridized carbons (Fsp3) is 0.192. The van der Waals surface area contributed by atoms with Crippen LogP contribution in [0.5, 0.6) is 0 Å². The zero-order chi connectivity index (χ0) is 20.5. The van der Waals surface area contributed by atoms with Crippen LogP contribution in [0.1, 0.15) is 30.5 Å². The molecule has 0 heterocycles. The Balaban J connectivity index is 1.78. The summed E-state index contributed by atoms with van der Waals surface area (Å²) < 4.78 is 0. The average molecular weight is 385 g/mol. The Morgan fingerprint density at radius 1 is 0.828 bits per heavy atom. The molecule has 29 heavy (non-hydrogen) atoms. The van der Waals surface area contributed by atoms with E-state index in [1.807, 2.05) is 78.9 Å². The van der Waals surface area contributed by atoms with Gasteiger partial charge in [0.15, 0.2) is 0 Å². The number of aryl methyl sites for hydroxylation is 2. The van der Waals surface area contributed by atoms with E-state index >= 15 is 0 Å². The van der Waals surface area contributed by atoms with E-state index in [1.165, 1.54) is 11.1 Å². The van der Waals surface area contributed by atoms with Crippen molar-refractivity contribution in [3.63, 3.8) is 0 Å². The topological polar surface area (TPSA) is 32.3 Å². The van der Waals surface area contributed by atoms with E-state index < -0.39 is 0 Å². The van der Waals surface area contributed by atoms with Crippen LogP contribution in [0.4, 0.5) is 16.2 Å². The lowest BCUT2D eigenvalue weighted by Gasteiger charge is -2.22. The first kappa shape index (κ1) is 20.4. The maximum Gasteiger partial charge on any atom is 0.326 e. The van der Waals surface area contributed by atoms with Gasteiger partial charge in [-0.3, -0.25) is 4.90 Å². The Hall–Kier alpha value is -3.33. The largest absolute Gasteiger partial charge is 0.326 e. The summed E-state index contributed by atoms with van der Waals surface area (Å²) >= 11 is 0. The molecule has 0 aromatic heterocycles. The molecule has 0 unspecified atom stereocenters. The highest BCUT2D eigenvalue weighted by Gasteiger charge is 2.14. The molecule has 3 nitrogen and oxygen atoms in total. The first-order valence-electron chi connectivity index (χ1n) is 10.2. The highest BCUT2D eigenvalue weighted by atomic mass is 16.2. The third-order valence-electron chi connectivity index (χ3n) is 4.91. The smallest absolute Gasteiger partial charge is 0.308 e. The first-order valence-corrected chi connectivity index (χ1v) is 10.2. The number of carbonyl (C=O) groups is 1. The minimum atomic E-state index is -0.142. The zero-order valence-corrected chi connectivity index (χ0v) is 17.1. The molecule has 0 saturated heterocycles. The molecule has 3 aromatic carbocycles. The maximum absolute atomic E-state index is 13.0. The van der Waals surface area contributed by atoms with Crippen molar-refractivity contribution in [3.8, 4) is 0 Å². The Labute approximate surface area is 173 Å². The number of urea groups is 1. The van der Waals surface area contributed by atoms with Crippen LogP contribution in [0.15, 0.2) is 84.9 Å². The molecule has 0 aliphatic rings. The normalized spacial score (nSPS) is 10.8. The van der Waals surface area contributed by atoms with Gasteiger partial charge in [-0.05, 0) is 53.8 Å². The van der Waals surface area contributed by atoms with E-state index in [0.29, 0.717) is 6.54 Å². The SMILES string of the molecule is CCc1ccc(NC(=O)N(CC=Cc2ccccc2)c2ccc(CC)cc2)cc1. The molecule has 3 aromatic rings. The van der Waals surface area contributed by atoms with Crippen molar-refractivity contribution < 1.29 is 4.79 Å². The standard InChI is InChI=1S/C26H28N2O/c1-3-21-12-16-24(17-13-21)27-26(29)28(25-18-14-22(4-2)15-19-25)20-8-11-23-9-6-5-7-10-23/h5-19H,3-4,20H2,1-2H3,(H,27,29). The second-order valence-electron chi connectivity index (χ2n) is 6.92. The van der Waals surface area contributed by atoms with Crippen molar-refractivity contribution in [1.29, 1.82) is 0 Å². The summed E-state index contributed by atoms with van der Waals surface area (Å²) in [4.78, 5) is 14.8. The van der Waals surface area contributed by atoms with Crippen LogP contribution in [-0.4, -0.2) is 12.6 Å². The minimum Gasteiger partial charge on any atom is -0.308 e. The van der Waals surface area contributed by atoms with Crippen LogP contribution >= 0.6 is 0 Å². The summed E-state index contributed by atoms with van der Waals surface area (Å²) in [7, 11) is 0. The zero-order valence-electron chi connectivity index (χ0n) is 17.1. The molecular weight excluding hydrogens is 356 g/mol. The monoisotopic (exact) mass is 384 g/mol. The Morgan fingerprint density at radius 2 is 1.41 bits per heavy atom. The van der Waals surface area contributed by atoms with Gasteiger partial charge in [0, 0.05) is 17.9 Å². The van der Waals surface area contributed by atoms with Crippen LogP contribution in [0, 0.1) is 0 Å². The number of hydrogen-bond donors (Lipinski definition) is 1. The van der Waals surface area contributed by atoms with Crippen LogP contribution in [0.2, 0.25) is 0 Å². The van der Waals surface area contributed by atoms with Gasteiger partial charge in [-0.15, -0.1) is 0 Å². The van der Waals surface area contributed by atoms with Crippen molar-refractivity contribution in [2.24, 2.45) is 0 Å². The number of nitrogens with zero attached hydrogens (tertiary/aromatic N) is 1. The van der Waals surface area contributed by atoms with Gasteiger partial charge in [-0.25, -0.2) is 4.79 Å². The van der Waals surface area contributed by atoms with Gasteiger partial charge in [-0.2, -0.15) is 0 Å². The lowest BCUT2D eigenvalue weighted by molar-refractivity contribution is 0.257. The molecule has 0 aliphatic carbocycles. The number of rotatable bonds is 7. The molecule has 0 bridgehead atoms. The van der Waals surface area contributed by atoms with Gasteiger partial charge in [0.1, 0.15) is 0 Å². The summed E-state index contributed by atoms with van der Waals surface area (Å²) in [5.74, 6) is 0. The van der Waals surface area contributed by atoms with E-state index in [9.17, 15) is 4.79 Å². The number of amides is 2. The van der Waals surface area contributed by atoms with Crippen molar-refractivity contribution >= 4 is 23.5 Å². The van der Waals surface area contributed by atoms with Crippen LogP contribution in [-0.2, 0) is 12.8 Å². The van der Waals surface area contributed by atoms with Crippen LogP contribution < -0.4 is 10.2 Å². The second kappa shape index (κ2) is 10.3. The molecule has 0 saturated carbocycles. The highest BCUT2D eigenvalue weighted by molar-refractivity contribution is 6.02. The molecule has 0 spiro atoms. The van der Waals surface area contributed by atoms with Gasteiger partial charge in [-0.1, -0.05) is 80.6 Å². The Morgan fingerprint density at radius 3 is 2.00 bits per heavy atom. The van der Waals surface area contributed by atoms with Gasteiger partial charge < -0.3 is 5.32 Å². The molecule has 0 aliphatic heterocycles. The predicted molar refractivity (Wildman–Crippen MR) is 123 cm³/mol. The first-order chi connectivity index (χ1) is 14.2. The van der Waals surface area contributed by atoms with Crippen LogP contribution in [0.3, 0.4) is 0 Å². The number of nitrogens with one attached hydrogen (secondary N) is 1. The molecule has 0 radical (unpaired) electrons. The van der Waals surface area contributed by atoms with E-state index in [2.05, 4.69) is 31.3 Å². The third kappa shape index (κ3) is 5.82. The van der Waals surface area contributed by atoms with Crippen molar-refractivity contribution in [2.75, 3.05) is 16.8 Å². The van der Waals surface area contributed by atoms with Gasteiger partial charge >= 0.3 is 6.03 Å². The molecule has 148 valence electrons. The lowest BCUT2D eigenvalue weighted by Crippen LogP contribution is -2.35. The molecule has 2 amide bonds. The fourth-order valence-corrected chi connectivity index (χ4v) is 3.09. The summed E-state index contributed by atoms with van der Waals surface area (Å²) in [6.45, 7) is 4.73. The fourth-order valence-electron chi connectivity index (χ4n) is 3.09. The van der Waals surface area contributed by atoms with Crippen molar-refractivity contribution in [1.82, 2.24) is 0 Å². The van der Waals surface area contributed by atoms with Crippen LogP contribution in [0.25, 0.3) is 6.08 Å². The van der Waals surface area contributed by atoms with E-state index in [0.717, 1.165) is 29.8 Å². The van der Waals surface area contributed by atoms with E-state index in [-0.39, 0.29) is 6.03 Å². The predicted octanol–water partition coefficient (Wildman–Crippen LogP) is 6.56. The molecule has 3 rings (SSSR count). The number of anilines is 2. The Bertz CT molecular complexity index is 929. The Kier molecular flexibility index (Phi) is 7.23. The minimum absolute atomic E-state index is 0.142. The van der Waals surface area contributed by atoms with E-state index in [4.69, 9.17) is 0 Å².